The number of carbonyl (C=O) groups excluding carboxylic acids is 3. The van der Waals surface area contributed by atoms with Crippen molar-refractivity contribution >= 4 is 28.4 Å². The van der Waals surface area contributed by atoms with Gasteiger partial charge in [0.15, 0.2) is 5.78 Å². The molecule has 3 aliphatic rings. The van der Waals surface area contributed by atoms with Crippen LogP contribution in [0, 0.1) is 5.82 Å². The molecule has 0 unspecified atom stereocenters. The van der Waals surface area contributed by atoms with Gasteiger partial charge in [0, 0.05) is 59.9 Å². The fourth-order valence-electron chi connectivity index (χ4n) is 6.36. The van der Waals surface area contributed by atoms with Crippen LogP contribution in [-0.2, 0) is 0 Å². The Bertz CT molecular complexity index is 1830. The predicted octanol–water partition coefficient (Wildman–Crippen LogP) is 1.93. The smallest absolute Gasteiger partial charge is 0.545 e. The molecule has 1 amide bonds. The van der Waals surface area contributed by atoms with Gasteiger partial charge >= 0.3 is 29.6 Å². The van der Waals surface area contributed by atoms with Gasteiger partial charge < -0.3 is 24.3 Å². The first-order chi connectivity index (χ1) is 20.7. The largest absolute Gasteiger partial charge is 1.00 e. The summed E-state index contributed by atoms with van der Waals surface area (Å²) in [6.45, 7) is 0.869. The first-order valence-corrected chi connectivity index (χ1v) is 14.4. The summed E-state index contributed by atoms with van der Waals surface area (Å²) in [7, 11) is 1.60. The number of amides is 1. The van der Waals surface area contributed by atoms with Crippen LogP contribution in [0.3, 0.4) is 0 Å². The van der Waals surface area contributed by atoms with Gasteiger partial charge in [0.1, 0.15) is 22.9 Å². The maximum Gasteiger partial charge on any atom is 1.00 e. The molecule has 1 spiro atoms. The number of rotatable bonds is 5. The zero-order chi connectivity index (χ0) is 29.9. The fourth-order valence-corrected chi connectivity index (χ4v) is 6.36. The molecule has 3 heterocycles. The van der Waals surface area contributed by atoms with Gasteiger partial charge in [0.25, 0.3) is 5.91 Å². The van der Waals surface area contributed by atoms with Gasteiger partial charge in [-0.05, 0) is 66.4 Å². The molecule has 0 bridgehead atoms. The minimum atomic E-state index is -1.61. The summed E-state index contributed by atoms with van der Waals surface area (Å²) in [4.78, 5) is 44.7. The number of carboxylic acids is 1. The summed E-state index contributed by atoms with van der Waals surface area (Å²) >= 11 is 0. The molecule has 1 aliphatic carbocycles. The maximum absolute atomic E-state index is 13.9. The van der Waals surface area contributed by atoms with Gasteiger partial charge in [-0.2, -0.15) is 0 Å². The molecular formula is C34H28FN2NaO6. The molecule has 2 aliphatic heterocycles. The molecule has 10 heteroatoms. The Morgan fingerprint density at radius 2 is 1.75 bits per heavy atom. The Hall–Kier alpha value is -3.79. The Kier molecular flexibility index (Phi) is 7.98. The number of benzene rings is 3. The van der Waals surface area contributed by atoms with E-state index in [1.54, 1.807) is 42.5 Å². The standard InChI is InChI=1S/C34H29FN2O6.Na/c1-42-30-17-22(16-24-23(30)8-11-36-31(24)19-2-3-19)32(39)37-12-9-34(10-13-37)18-28(38)26-15-21(5-7-29(26)43-34)20-4-6-27(35)25(14-20)33(40)41;/h4-8,11,14-17,19H,2-3,9-10,12-13,18H2,1H3,(H,40,41);/q;+1/p-1. The molecule has 3 aromatic carbocycles. The number of ketones is 1. The predicted molar refractivity (Wildman–Crippen MR) is 154 cm³/mol. The van der Waals surface area contributed by atoms with Crippen molar-refractivity contribution in [3.63, 3.8) is 0 Å². The van der Waals surface area contributed by atoms with Crippen molar-refractivity contribution < 1.29 is 62.9 Å². The number of hydrogen-bond donors (Lipinski definition) is 0. The van der Waals surface area contributed by atoms with E-state index in [0.717, 1.165) is 35.4 Å². The van der Waals surface area contributed by atoms with E-state index in [-0.39, 0.29) is 47.7 Å². The molecule has 0 radical (unpaired) electrons. The number of fused-ring (bicyclic) bond motifs is 2. The van der Waals surface area contributed by atoms with E-state index in [0.29, 0.717) is 65.6 Å². The molecule has 0 N–H and O–H groups in total. The number of likely N-dealkylation sites (tertiary alicyclic amines) is 1. The second-order valence-electron chi connectivity index (χ2n) is 11.6. The number of carboxylic acid groups (broad SMARTS) is 1. The summed E-state index contributed by atoms with van der Waals surface area (Å²) in [6.07, 6.45) is 5.15. The summed E-state index contributed by atoms with van der Waals surface area (Å²) in [6, 6.07) is 14.4. The average Bonchev–Trinajstić information content (AvgIpc) is 3.86. The monoisotopic (exact) mass is 602 g/mol. The van der Waals surface area contributed by atoms with Crippen LogP contribution >= 0.6 is 0 Å². The molecule has 1 saturated heterocycles. The molecule has 2 fully saturated rings. The van der Waals surface area contributed by atoms with E-state index in [1.807, 2.05) is 12.1 Å². The molecule has 0 atom stereocenters. The van der Waals surface area contributed by atoms with E-state index in [1.165, 1.54) is 12.1 Å². The van der Waals surface area contributed by atoms with Gasteiger partial charge in [0.2, 0.25) is 0 Å². The number of aromatic nitrogens is 1. The fraction of sp³-hybridized carbons (Fsp3) is 0.294. The van der Waals surface area contributed by atoms with Gasteiger partial charge in [-0.1, -0.05) is 12.1 Å². The van der Waals surface area contributed by atoms with Crippen molar-refractivity contribution in [2.45, 2.75) is 43.6 Å². The van der Waals surface area contributed by atoms with E-state index < -0.39 is 23.0 Å². The van der Waals surface area contributed by atoms with E-state index in [2.05, 4.69) is 4.98 Å². The van der Waals surface area contributed by atoms with Gasteiger partial charge in [-0.3, -0.25) is 14.6 Å². The van der Waals surface area contributed by atoms with Crippen LogP contribution in [0.5, 0.6) is 11.5 Å². The second-order valence-corrected chi connectivity index (χ2v) is 11.6. The Balaban J connectivity index is 0.00000343. The Morgan fingerprint density at radius 3 is 2.45 bits per heavy atom. The van der Waals surface area contributed by atoms with Crippen LogP contribution in [0.25, 0.3) is 21.9 Å². The van der Waals surface area contributed by atoms with Crippen molar-refractivity contribution in [2.24, 2.45) is 0 Å². The third-order valence-corrected chi connectivity index (χ3v) is 8.87. The molecule has 1 saturated carbocycles. The number of methoxy groups -OCH3 is 1. The average molecular weight is 603 g/mol. The zero-order valence-electron chi connectivity index (χ0n) is 24.5. The topological polar surface area (TPSA) is 109 Å². The number of piperidine rings is 1. The van der Waals surface area contributed by atoms with E-state index in [4.69, 9.17) is 9.47 Å². The number of carbonyl (C=O) groups is 3. The van der Waals surface area contributed by atoms with Gasteiger partial charge in [-0.25, -0.2) is 4.39 Å². The van der Waals surface area contributed by atoms with Crippen LogP contribution in [-0.4, -0.2) is 53.3 Å². The van der Waals surface area contributed by atoms with Crippen LogP contribution in [0.2, 0.25) is 0 Å². The number of hydrogen-bond acceptors (Lipinski definition) is 7. The summed E-state index contributed by atoms with van der Waals surface area (Å²) in [5.41, 5.74) is 1.72. The number of ether oxygens (including phenoxy) is 2. The number of pyridine rings is 1. The molecule has 218 valence electrons. The minimum Gasteiger partial charge on any atom is -0.545 e. The quantitative estimate of drug-likeness (QED) is 0.321. The first-order valence-electron chi connectivity index (χ1n) is 14.4. The first kappa shape index (κ1) is 30.2. The summed E-state index contributed by atoms with van der Waals surface area (Å²) < 4.78 is 25.9. The third kappa shape index (κ3) is 5.38. The van der Waals surface area contributed by atoms with Crippen LogP contribution < -0.4 is 44.1 Å². The van der Waals surface area contributed by atoms with Crippen molar-refractivity contribution in [3.8, 4) is 22.6 Å². The van der Waals surface area contributed by atoms with Crippen molar-refractivity contribution in [1.29, 1.82) is 0 Å². The van der Waals surface area contributed by atoms with E-state index >= 15 is 0 Å². The molecule has 8 nitrogen and oxygen atoms in total. The minimum absolute atomic E-state index is 0. The molecule has 4 aromatic rings. The Morgan fingerprint density at radius 1 is 1.02 bits per heavy atom. The third-order valence-electron chi connectivity index (χ3n) is 8.87. The normalized spacial score (nSPS) is 17.0. The second kappa shape index (κ2) is 11.6. The van der Waals surface area contributed by atoms with Crippen molar-refractivity contribution in [1.82, 2.24) is 9.88 Å². The SMILES string of the molecule is COc1cc(C(=O)N2CCC3(CC2)CC(=O)c2cc(-c4ccc(F)c(C(=O)[O-])c4)ccc2O3)cc2c(C3CC3)nccc12.[Na+]. The van der Waals surface area contributed by atoms with Gasteiger partial charge in [0.05, 0.1) is 30.8 Å². The van der Waals surface area contributed by atoms with Gasteiger partial charge in [-0.15, -0.1) is 0 Å². The van der Waals surface area contributed by atoms with Crippen molar-refractivity contribution in [2.75, 3.05) is 20.2 Å². The maximum atomic E-state index is 13.9. The summed E-state index contributed by atoms with van der Waals surface area (Å²) in [5, 5.41) is 13.2. The van der Waals surface area contributed by atoms with Crippen LogP contribution in [0.15, 0.2) is 60.8 Å². The number of aromatic carboxylic acids is 1. The molecule has 1 aromatic heterocycles. The molecular weight excluding hydrogens is 574 g/mol. The van der Waals surface area contributed by atoms with Crippen LogP contribution in [0.4, 0.5) is 4.39 Å². The molecule has 7 rings (SSSR count). The van der Waals surface area contributed by atoms with E-state index in [9.17, 15) is 23.9 Å². The number of halogens is 1. The summed E-state index contributed by atoms with van der Waals surface area (Å²) in [5.74, 6) is -1.17. The molecule has 44 heavy (non-hydrogen) atoms. The van der Waals surface area contributed by atoms with Crippen molar-refractivity contribution in [3.05, 3.63) is 89.0 Å². The zero-order valence-corrected chi connectivity index (χ0v) is 26.5. The Labute approximate surface area is 275 Å². The number of Topliss-reactive ketones (excluding diaryl/α,β-unsaturated/α-hetero) is 1. The number of nitrogens with zero attached hydrogens (tertiary/aromatic N) is 2. The van der Waals surface area contributed by atoms with Crippen LogP contribution in [0.1, 0.15) is 74.8 Å².